The van der Waals surface area contributed by atoms with E-state index >= 15 is 0 Å². The quantitative estimate of drug-likeness (QED) is 0.634. The Morgan fingerprint density at radius 1 is 1.40 bits per heavy atom. The molecule has 0 aromatic heterocycles. The summed E-state index contributed by atoms with van der Waals surface area (Å²) in [6, 6.07) is 2.54. The molecule has 1 saturated heterocycles. The molecular weight excluding hydrogens is 282 g/mol. The van der Waals surface area contributed by atoms with Crippen LogP contribution in [0, 0.1) is 5.82 Å². The fraction of sp³-hybridized carbons (Fsp3) is 0.417. The van der Waals surface area contributed by atoms with Crippen molar-refractivity contribution in [1.29, 1.82) is 0 Å². The molecule has 1 amide bonds. The van der Waals surface area contributed by atoms with Crippen LogP contribution in [0.3, 0.4) is 0 Å². The van der Waals surface area contributed by atoms with E-state index in [-0.39, 0.29) is 6.61 Å². The number of halogens is 4. The predicted octanol–water partition coefficient (Wildman–Crippen LogP) is 2.25. The Kier molecular flexibility index (Phi) is 4.12. The monoisotopic (exact) mass is 293 g/mol. The van der Waals surface area contributed by atoms with Gasteiger partial charge >= 0.3 is 6.36 Å². The molecule has 0 aliphatic carbocycles. The van der Waals surface area contributed by atoms with Gasteiger partial charge in [0.1, 0.15) is 0 Å². The molecule has 4 nitrogen and oxygen atoms in total. The molecule has 0 unspecified atom stereocenters. The lowest BCUT2D eigenvalue weighted by Gasteiger charge is -2.33. The Morgan fingerprint density at radius 3 is 2.80 bits per heavy atom. The van der Waals surface area contributed by atoms with E-state index in [1.165, 1.54) is 11.0 Å². The smallest absolute Gasteiger partial charge is 0.403 e. The van der Waals surface area contributed by atoms with Gasteiger partial charge in [0.25, 0.3) is 0 Å². The van der Waals surface area contributed by atoms with Gasteiger partial charge in [0.2, 0.25) is 6.41 Å². The molecule has 20 heavy (non-hydrogen) atoms. The van der Waals surface area contributed by atoms with Gasteiger partial charge in [-0.1, -0.05) is 6.07 Å². The number of carbonyl (C=O) groups excluding carboxylic acids is 1. The van der Waals surface area contributed by atoms with E-state index in [9.17, 15) is 22.4 Å². The van der Waals surface area contributed by atoms with Gasteiger partial charge in [-0.3, -0.25) is 4.79 Å². The zero-order valence-corrected chi connectivity index (χ0v) is 10.2. The average Bonchev–Trinajstić information content (AvgIpc) is 2.40. The normalized spacial score (nSPS) is 19.8. The van der Waals surface area contributed by atoms with Crippen LogP contribution >= 0.6 is 0 Å². The Balaban J connectivity index is 2.28. The number of hydrogen-bond donors (Lipinski definition) is 0. The molecule has 110 valence electrons. The van der Waals surface area contributed by atoms with Gasteiger partial charge in [-0.25, -0.2) is 4.39 Å². The first-order valence-electron chi connectivity index (χ1n) is 5.74. The largest absolute Gasteiger partial charge is 0.573 e. The van der Waals surface area contributed by atoms with Crippen LogP contribution in [0.4, 0.5) is 17.6 Å². The van der Waals surface area contributed by atoms with E-state index < -0.39 is 24.0 Å². The van der Waals surface area contributed by atoms with Crippen LogP contribution in [0.15, 0.2) is 18.2 Å². The second-order valence-electron chi connectivity index (χ2n) is 4.17. The Labute approximate surface area is 111 Å². The van der Waals surface area contributed by atoms with Gasteiger partial charge in [0.15, 0.2) is 11.6 Å². The molecule has 8 heteroatoms. The standard InChI is InChI=1S/C12H11F4NO3/c13-9-2-1-8(5-11(9)20-12(14,15)16)10-6-19-4-3-17(10)7-18/h1-2,5,7,10H,3-4,6H2/t10-/m0/s1. The lowest BCUT2D eigenvalue weighted by Crippen LogP contribution is -2.38. The first kappa shape index (κ1) is 14.6. The second kappa shape index (κ2) is 5.66. The summed E-state index contributed by atoms with van der Waals surface area (Å²) >= 11 is 0. The van der Waals surface area contributed by atoms with Crippen molar-refractivity contribution in [2.24, 2.45) is 0 Å². The molecule has 1 aromatic carbocycles. The molecule has 0 spiro atoms. The summed E-state index contributed by atoms with van der Waals surface area (Å²) in [5.41, 5.74) is 0.317. The molecule has 0 saturated carbocycles. The number of amides is 1. The third-order valence-corrected chi connectivity index (χ3v) is 2.87. The first-order valence-corrected chi connectivity index (χ1v) is 5.74. The highest BCUT2D eigenvalue weighted by atomic mass is 19.4. The highest BCUT2D eigenvalue weighted by molar-refractivity contribution is 5.49. The zero-order chi connectivity index (χ0) is 14.8. The van der Waals surface area contributed by atoms with Crippen molar-refractivity contribution in [3.8, 4) is 5.75 Å². The fourth-order valence-electron chi connectivity index (χ4n) is 1.96. The molecule has 1 aliphatic heterocycles. The highest BCUT2D eigenvalue weighted by Crippen LogP contribution is 2.31. The van der Waals surface area contributed by atoms with Crippen molar-refractivity contribution >= 4 is 6.41 Å². The van der Waals surface area contributed by atoms with E-state index in [2.05, 4.69) is 4.74 Å². The second-order valence-corrected chi connectivity index (χ2v) is 4.17. The highest BCUT2D eigenvalue weighted by Gasteiger charge is 2.33. The van der Waals surface area contributed by atoms with Gasteiger partial charge in [0.05, 0.1) is 19.3 Å². The molecule has 2 rings (SSSR count). The van der Waals surface area contributed by atoms with E-state index in [0.717, 1.165) is 12.1 Å². The lowest BCUT2D eigenvalue weighted by molar-refractivity contribution is -0.275. The Morgan fingerprint density at radius 2 is 2.15 bits per heavy atom. The summed E-state index contributed by atoms with van der Waals surface area (Å²) < 4.78 is 58.6. The number of alkyl halides is 3. The number of ether oxygens (including phenoxy) is 2. The maximum Gasteiger partial charge on any atom is 0.573 e. The molecule has 0 bridgehead atoms. The molecule has 1 atom stereocenters. The van der Waals surface area contributed by atoms with E-state index in [1.807, 2.05) is 0 Å². The molecule has 1 fully saturated rings. The average molecular weight is 293 g/mol. The van der Waals surface area contributed by atoms with Crippen LogP contribution in [0.5, 0.6) is 5.75 Å². The van der Waals surface area contributed by atoms with Gasteiger partial charge in [-0.05, 0) is 17.7 Å². The summed E-state index contributed by atoms with van der Waals surface area (Å²) in [4.78, 5) is 12.3. The van der Waals surface area contributed by atoms with Gasteiger partial charge < -0.3 is 14.4 Å². The summed E-state index contributed by atoms with van der Waals surface area (Å²) in [5.74, 6) is -2.05. The maximum atomic E-state index is 13.3. The van der Waals surface area contributed by atoms with Crippen molar-refractivity contribution in [3.05, 3.63) is 29.6 Å². The van der Waals surface area contributed by atoms with Crippen LogP contribution < -0.4 is 4.74 Å². The van der Waals surface area contributed by atoms with E-state index in [4.69, 9.17) is 4.74 Å². The molecule has 1 heterocycles. The minimum absolute atomic E-state index is 0.135. The molecule has 1 aliphatic rings. The van der Waals surface area contributed by atoms with Gasteiger partial charge in [-0.2, -0.15) is 0 Å². The topological polar surface area (TPSA) is 38.8 Å². The molecule has 0 N–H and O–H groups in total. The van der Waals surface area contributed by atoms with E-state index in [0.29, 0.717) is 25.1 Å². The molecule has 0 radical (unpaired) electrons. The molecular formula is C12H11F4NO3. The summed E-state index contributed by atoms with van der Waals surface area (Å²) in [6.07, 6.45) is -4.40. The van der Waals surface area contributed by atoms with Crippen molar-refractivity contribution in [2.75, 3.05) is 19.8 Å². The first-order chi connectivity index (χ1) is 9.40. The number of morpholine rings is 1. The summed E-state index contributed by atoms with van der Waals surface area (Å²) in [7, 11) is 0. The van der Waals surface area contributed by atoms with Crippen molar-refractivity contribution < 1.29 is 31.8 Å². The van der Waals surface area contributed by atoms with Crippen LogP contribution in [-0.4, -0.2) is 37.4 Å². The van der Waals surface area contributed by atoms with Crippen LogP contribution in [0.1, 0.15) is 11.6 Å². The summed E-state index contributed by atoms with van der Waals surface area (Å²) in [6.45, 7) is 0.805. The minimum atomic E-state index is -4.98. The number of nitrogens with zero attached hydrogens (tertiary/aromatic N) is 1. The van der Waals surface area contributed by atoms with Gasteiger partial charge in [0, 0.05) is 6.54 Å². The van der Waals surface area contributed by atoms with Crippen LogP contribution in [-0.2, 0) is 9.53 Å². The lowest BCUT2D eigenvalue weighted by atomic mass is 10.0. The fourth-order valence-corrected chi connectivity index (χ4v) is 1.96. The number of hydrogen-bond acceptors (Lipinski definition) is 3. The number of rotatable bonds is 3. The van der Waals surface area contributed by atoms with Crippen molar-refractivity contribution in [2.45, 2.75) is 12.4 Å². The van der Waals surface area contributed by atoms with Crippen molar-refractivity contribution in [3.63, 3.8) is 0 Å². The SMILES string of the molecule is O=CN1CCOC[C@H]1c1ccc(F)c(OC(F)(F)F)c1. The van der Waals surface area contributed by atoms with Crippen molar-refractivity contribution in [1.82, 2.24) is 4.90 Å². The molecule has 1 aromatic rings. The minimum Gasteiger partial charge on any atom is -0.403 e. The Bertz CT molecular complexity index is 492. The number of benzene rings is 1. The number of carbonyl (C=O) groups is 1. The van der Waals surface area contributed by atoms with Crippen LogP contribution in [0.25, 0.3) is 0 Å². The Hall–Kier alpha value is -1.83. The third-order valence-electron chi connectivity index (χ3n) is 2.87. The maximum absolute atomic E-state index is 13.3. The van der Waals surface area contributed by atoms with Gasteiger partial charge in [-0.15, -0.1) is 13.2 Å². The summed E-state index contributed by atoms with van der Waals surface area (Å²) in [5, 5.41) is 0. The van der Waals surface area contributed by atoms with E-state index in [1.54, 1.807) is 0 Å². The zero-order valence-electron chi connectivity index (χ0n) is 10.2. The third kappa shape index (κ3) is 3.38. The van der Waals surface area contributed by atoms with Crippen LogP contribution in [0.2, 0.25) is 0 Å². The predicted molar refractivity (Wildman–Crippen MR) is 59.4 cm³/mol.